The maximum absolute atomic E-state index is 13.0. The highest BCUT2D eigenvalue weighted by Crippen LogP contribution is 2.25. The van der Waals surface area contributed by atoms with E-state index in [2.05, 4.69) is 15.2 Å². The first-order chi connectivity index (χ1) is 11.8. The summed E-state index contributed by atoms with van der Waals surface area (Å²) in [6.07, 6.45) is 5.88. The van der Waals surface area contributed by atoms with Crippen molar-refractivity contribution in [2.75, 3.05) is 26.8 Å². The van der Waals surface area contributed by atoms with Gasteiger partial charge in [-0.1, -0.05) is 18.2 Å². The predicted molar refractivity (Wildman–Crippen MR) is 91.6 cm³/mol. The smallest absolute Gasteiger partial charge is 0.254 e. The predicted octanol–water partition coefficient (Wildman–Crippen LogP) is 2.75. The SMILES string of the molecule is COCCC[C@@H]1CCCN(C(=O)c2ccccc2-c2ncn[nH]2)C1. The highest BCUT2D eigenvalue weighted by atomic mass is 16.5. The molecular weight excluding hydrogens is 304 g/mol. The van der Waals surface area contributed by atoms with E-state index in [0.717, 1.165) is 44.5 Å². The first kappa shape index (κ1) is 16.6. The molecule has 0 aliphatic carbocycles. The average molecular weight is 328 g/mol. The second-order valence-electron chi connectivity index (χ2n) is 6.27. The van der Waals surface area contributed by atoms with Crippen molar-refractivity contribution in [1.82, 2.24) is 20.1 Å². The molecule has 0 saturated carbocycles. The van der Waals surface area contributed by atoms with E-state index in [1.54, 1.807) is 7.11 Å². The number of ether oxygens (including phenoxy) is 1. The number of nitrogens with one attached hydrogen (secondary N) is 1. The molecule has 2 heterocycles. The molecule has 6 nitrogen and oxygen atoms in total. The molecule has 1 aromatic heterocycles. The van der Waals surface area contributed by atoms with Gasteiger partial charge in [-0.05, 0) is 37.7 Å². The number of methoxy groups -OCH3 is 1. The molecule has 3 rings (SSSR count). The van der Waals surface area contributed by atoms with Crippen LogP contribution < -0.4 is 0 Å². The van der Waals surface area contributed by atoms with Crippen molar-refractivity contribution in [1.29, 1.82) is 0 Å². The van der Waals surface area contributed by atoms with Gasteiger partial charge in [-0.3, -0.25) is 9.89 Å². The first-order valence-electron chi connectivity index (χ1n) is 8.52. The molecule has 1 atom stereocenters. The van der Waals surface area contributed by atoms with Gasteiger partial charge in [0.1, 0.15) is 6.33 Å². The number of carbonyl (C=O) groups excluding carboxylic acids is 1. The van der Waals surface area contributed by atoms with E-state index in [1.807, 2.05) is 29.2 Å². The number of aromatic amines is 1. The van der Waals surface area contributed by atoms with E-state index in [4.69, 9.17) is 4.74 Å². The van der Waals surface area contributed by atoms with Crippen molar-refractivity contribution in [2.24, 2.45) is 5.92 Å². The largest absolute Gasteiger partial charge is 0.385 e. The van der Waals surface area contributed by atoms with Crippen molar-refractivity contribution in [3.05, 3.63) is 36.2 Å². The van der Waals surface area contributed by atoms with E-state index < -0.39 is 0 Å². The van der Waals surface area contributed by atoms with Gasteiger partial charge in [-0.25, -0.2) is 4.98 Å². The summed E-state index contributed by atoms with van der Waals surface area (Å²) in [6, 6.07) is 7.59. The van der Waals surface area contributed by atoms with Crippen LogP contribution in [-0.2, 0) is 4.74 Å². The molecule has 1 N–H and O–H groups in total. The average Bonchev–Trinajstić information content (AvgIpc) is 3.16. The Hall–Kier alpha value is -2.21. The molecule has 1 aliphatic heterocycles. The van der Waals surface area contributed by atoms with E-state index in [-0.39, 0.29) is 5.91 Å². The van der Waals surface area contributed by atoms with Crippen LogP contribution in [0.1, 0.15) is 36.0 Å². The Morgan fingerprint density at radius 3 is 3.08 bits per heavy atom. The molecule has 0 spiro atoms. The highest BCUT2D eigenvalue weighted by molar-refractivity contribution is 6.00. The summed E-state index contributed by atoms with van der Waals surface area (Å²) in [5.41, 5.74) is 1.49. The Kier molecular flexibility index (Phi) is 5.59. The van der Waals surface area contributed by atoms with Gasteiger partial charge in [0.2, 0.25) is 0 Å². The molecular formula is C18H24N4O2. The third-order valence-electron chi connectivity index (χ3n) is 4.59. The number of aromatic nitrogens is 3. The Balaban J connectivity index is 1.72. The fourth-order valence-electron chi connectivity index (χ4n) is 3.38. The Labute approximate surface area is 142 Å². The van der Waals surface area contributed by atoms with E-state index in [0.29, 0.717) is 17.3 Å². The van der Waals surface area contributed by atoms with Gasteiger partial charge in [0, 0.05) is 32.4 Å². The van der Waals surface area contributed by atoms with Crippen LogP contribution >= 0.6 is 0 Å². The van der Waals surface area contributed by atoms with Crippen LogP contribution in [0.2, 0.25) is 0 Å². The monoisotopic (exact) mass is 328 g/mol. The fraction of sp³-hybridized carbons (Fsp3) is 0.500. The van der Waals surface area contributed by atoms with Crippen LogP contribution in [0.4, 0.5) is 0 Å². The third-order valence-corrected chi connectivity index (χ3v) is 4.59. The Morgan fingerprint density at radius 2 is 2.29 bits per heavy atom. The van der Waals surface area contributed by atoms with Crippen molar-refractivity contribution in [3.63, 3.8) is 0 Å². The standard InChI is InChI=1S/C18H24N4O2/c1-24-11-5-7-14-6-4-10-22(12-14)18(23)16-9-3-2-8-15(16)17-19-13-20-21-17/h2-3,8-9,13-14H,4-7,10-12H2,1H3,(H,19,20,21)/t14-/m0/s1. The maximum atomic E-state index is 13.0. The van der Waals surface area contributed by atoms with E-state index in [9.17, 15) is 4.79 Å². The number of rotatable bonds is 6. The molecule has 0 radical (unpaired) electrons. The summed E-state index contributed by atoms with van der Waals surface area (Å²) in [4.78, 5) is 19.2. The zero-order valence-electron chi connectivity index (χ0n) is 14.1. The summed E-state index contributed by atoms with van der Waals surface area (Å²) in [7, 11) is 1.73. The number of hydrogen-bond acceptors (Lipinski definition) is 4. The number of H-pyrrole nitrogens is 1. The van der Waals surface area contributed by atoms with E-state index >= 15 is 0 Å². The van der Waals surface area contributed by atoms with Gasteiger partial charge in [0.15, 0.2) is 5.82 Å². The Morgan fingerprint density at radius 1 is 1.42 bits per heavy atom. The normalized spacial score (nSPS) is 17.9. The molecule has 6 heteroatoms. The minimum absolute atomic E-state index is 0.0819. The fourth-order valence-corrected chi connectivity index (χ4v) is 3.38. The van der Waals surface area contributed by atoms with Gasteiger partial charge in [-0.15, -0.1) is 0 Å². The van der Waals surface area contributed by atoms with Gasteiger partial charge < -0.3 is 9.64 Å². The molecule has 1 amide bonds. The van der Waals surface area contributed by atoms with Gasteiger partial charge in [0.25, 0.3) is 5.91 Å². The van der Waals surface area contributed by atoms with Crippen molar-refractivity contribution in [3.8, 4) is 11.4 Å². The summed E-state index contributed by atoms with van der Waals surface area (Å²) < 4.78 is 5.14. The quantitative estimate of drug-likeness (QED) is 0.828. The van der Waals surface area contributed by atoms with Crippen LogP contribution in [0.3, 0.4) is 0 Å². The summed E-state index contributed by atoms with van der Waals surface area (Å²) in [5, 5.41) is 6.74. The molecule has 0 bridgehead atoms. The summed E-state index contributed by atoms with van der Waals surface area (Å²) in [6.45, 7) is 2.44. The van der Waals surface area contributed by atoms with Crippen LogP contribution in [-0.4, -0.2) is 52.8 Å². The number of nitrogens with zero attached hydrogens (tertiary/aromatic N) is 3. The molecule has 24 heavy (non-hydrogen) atoms. The molecule has 0 unspecified atom stereocenters. The first-order valence-corrected chi connectivity index (χ1v) is 8.52. The molecule has 1 aliphatic rings. The highest BCUT2D eigenvalue weighted by Gasteiger charge is 2.26. The molecule has 1 aromatic carbocycles. The number of hydrogen-bond donors (Lipinski definition) is 1. The van der Waals surface area contributed by atoms with Gasteiger partial charge >= 0.3 is 0 Å². The summed E-state index contributed by atoms with van der Waals surface area (Å²) >= 11 is 0. The minimum atomic E-state index is 0.0819. The number of benzene rings is 1. The lowest BCUT2D eigenvalue weighted by atomic mass is 9.92. The van der Waals surface area contributed by atoms with Gasteiger partial charge in [-0.2, -0.15) is 5.10 Å². The van der Waals surface area contributed by atoms with Crippen molar-refractivity contribution in [2.45, 2.75) is 25.7 Å². The second-order valence-corrected chi connectivity index (χ2v) is 6.27. The number of likely N-dealkylation sites (tertiary alicyclic amines) is 1. The van der Waals surface area contributed by atoms with Crippen molar-refractivity contribution < 1.29 is 9.53 Å². The lowest BCUT2D eigenvalue weighted by Crippen LogP contribution is -2.40. The number of amides is 1. The topological polar surface area (TPSA) is 71.1 Å². The zero-order chi connectivity index (χ0) is 16.8. The molecule has 1 saturated heterocycles. The van der Waals surface area contributed by atoms with E-state index in [1.165, 1.54) is 12.7 Å². The lowest BCUT2D eigenvalue weighted by Gasteiger charge is -2.33. The molecule has 2 aromatic rings. The molecule has 128 valence electrons. The zero-order valence-corrected chi connectivity index (χ0v) is 14.1. The molecule has 1 fully saturated rings. The van der Waals surface area contributed by atoms with Crippen LogP contribution in [0, 0.1) is 5.92 Å². The van der Waals surface area contributed by atoms with Crippen LogP contribution in [0.15, 0.2) is 30.6 Å². The third kappa shape index (κ3) is 3.82. The lowest BCUT2D eigenvalue weighted by molar-refractivity contribution is 0.0661. The number of piperidine rings is 1. The maximum Gasteiger partial charge on any atom is 0.254 e. The van der Waals surface area contributed by atoms with Crippen LogP contribution in [0.25, 0.3) is 11.4 Å². The minimum Gasteiger partial charge on any atom is -0.385 e. The second kappa shape index (κ2) is 8.06. The van der Waals surface area contributed by atoms with Gasteiger partial charge in [0.05, 0.1) is 5.56 Å². The number of carbonyl (C=O) groups is 1. The Bertz CT molecular complexity index is 657. The summed E-state index contributed by atoms with van der Waals surface area (Å²) in [5.74, 6) is 1.28. The van der Waals surface area contributed by atoms with Crippen LogP contribution in [0.5, 0.6) is 0 Å². The van der Waals surface area contributed by atoms with Crippen molar-refractivity contribution >= 4 is 5.91 Å².